The minimum absolute atomic E-state index is 0.00431. The molecule has 0 radical (unpaired) electrons. The van der Waals surface area contributed by atoms with Crippen LogP contribution in [0.1, 0.15) is 34.2 Å². The zero-order valence-corrected chi connectivity index (χ0v) is 10.7. The van der Waals surface area contributed by atoms with Gasteiger partial charge in [-0.05, 0) is 18.6 Å². The highest BCUT2D eigenvalue weighted by atomic mass is 16.5. The lowest BCUT2D eigenvalue weighted by Gasteiger charge is -2.35. The van der Waals surface area contributed by atoms with E-state index in [1.807, 2.05) is 6.92 Å². The average Bonchev–Trinajstić information content (AvgIpc) is 2.46. The molecule has 2 heterocycles. The van der Waals surface area contributed by atoms with E-state index in [9.17, 15) is 9.59 Å². The molecule has 1 aromatic heterocycles. The monoisotopic (exact) mass is 264 g/mol. The van der Waals surface area contributed by atoms with Crippen LogP contribution in [0.2, 0.25) is 0 Å². The number of nitrogens with zero attached hydrogens (tertiary/aromatic N) is 2. The van der Waals surface area contributed by atoms with Crippen molar-refractivity contribution in [3.05, 3.63) is 29.6 Å². The second-order valence-corrected chi connectivity index (χ2v) is 4.34. The molecule has 6 heteroatoms. The van der Waals surface area contributed by atoms with Crippen molar-refractivity contribution >= 4 is 11.9 Å². The Labute approximate surface area is 111 Å². The van der Waals surface area contributed by atoms with Gasteiger partial charge in [0.15, 0.2) is 0 Å². The lowest BCUT2D eigenvalue weighted by atomic mass is 10.1. The molecule has 1 saturated heterocycles. The molecule has 0 aliphatic carbocycles. The largest absolute Gasteiger partial charge is 0.478 e. The molecule has 2 rings (SSSR count). The molecule has 6 nitrogen and oxygen atoms in total. The highest BCUT2D eigenvalue weighted by molar-refractivity contribution is 6.03. The Bertz CT molecular complexity index is 489. The molecule has 1 unspecified atom stereocenters. The third-order valence-electron chi connectivity index (χ3n) is 3.20. The predicted molar refractivity (Wildman–Crippen MR) is 67.1 cm³/mol. The zero-order chi connectivity index (χ0) is 13.8. The normalized spacial score (nSPS) is 19.2. The van der Waals surface area contributed by atoms with E-state index in [0.29, 0.717) is 19.8 Å². The summed E-state index contributed by atoms with van der Waals surface area (Å²) in [6, 6.07) is 2.88. The lowest BCUT2D eigenvalue weighted by molar-refractivity contribution is -0.00322. The van der Waals surface area contributed by atoms with Crippen molar-refractivity contribution < 1.29 is 19.4 Å². The van der Waals surface area contributed by atoms with Crippen molar-refractivity contribution in [3.8, 4) is 0 Å². The van der Waals surface area contributed by atoms with Gasteiger partial charge in [0, 0.05) is 12.7 Å². The van der Waals surface area contributed by atoms with Crippen LogP contribution in [0.3, 0.4) is 0 Å². The summed E-state index contributed by atoms with van der Waals surface area (Å²) < 4.78 is 5.34. The van der Waals surface area contributed by atoms with E-state index >= 15 is 0 Å². The number of carboxylic acid groups (broad SMARTS) is 1. The highest BCUT2D eigenvalue weighted by Crippen LogP contribution is 2.16. The molecule has 0 saturated carbocycles. The van der Waals surface area contributed by atoms with Crippen LogP contribution in [0.4, 0.5) is 0 Å². The molecular weight excluding hydrogens is 248 g/mol. The number of ether oxygens (including phenoxy) is 1. The summed E-state index contributed by atoms with van der Waals surface area (Å²) >= 11 is 0. The van der Waals surface area contributed by atoms with Crippen LogP contribution < -0.4 is 0 Å². The van der Waals surface area contributed by atoms with Crippen LogP contribution >= 0.6 is 0 Å². The summed E-state index contributed by atoms with van der Waals surface area (Å²) in [5.74, 6) is -1.48. The fourth-order valence-corrected chi connectivity index (χ4v) is 2.14. The second kappa shape index (κ2) is 5.79. The number of amides is 1. The van der Waals surface area contributed by atoms with Gasteiger partial charge in [0.05, 0.1) is 24.8 Å². The number of carbonyl (C=O) groups is 2. The molecule has 0 bridgehead atoms. The van der Waals surface area contributed by atoms with Gasteiger partial charge in [0.2, 0.25) is 0 Å². The third kappa shape index (κ3) is 2.73. The van der Waals surface area contributed by atoms with Crippen molar-refractivity contribution in [2.45, 2.75) is 19.4 Å². The van der Waals surface area contributed by atoms with Crippen molar-refractivity contribution in [3.63, 3.8) is 0 Å². The van der Waals surface area contributed by atoms with Crippen molar-refractivity contribution in [2.75, 3.05) is 19.8 Å². The number of morpholine rings is 1. The van der Waals surface area contributed by atoms with Gasteiger partial charge in [-0.2, -0.15) is 0 Å². The van der Waals surface area contributed by atoms with Crippen LogP contribution in [0.25, 0.3) is 0 Å². The molecule has 102 valence electrons. The maximum Gasteiger partial charge on any atom is 0.338 e. The Morgan fingerprint density at radius 3 is 3.05 bits per heavy atom. The molecule has 1 aliphatic heterocycles. The van der Waals surface area contributed by atoms with Crippen LogP contribution in [0.15, 0.2) is 18.3 Å². The van der Waals surface area contributed by atoms with E-state index in [2.05, 4.69) is 4.98 Å². The first-order valence-electron chi connectivity index (χ1n) is 6.22. The molecule has 0 aromatic carbocycles. The first kappa shape index (κ1) is 13.5. The SMILES string of the molecule is CCC1COCCN1C(=O)c1ncccc1C(=O)O. The fourth-order valence-electron chi connectivity index (χ4n) is 2.14. The summed E-state index contributed by atoms with van der Waals surface area (Å²) in [5.41, 5.74) is -0.0656. The van der Waals surface area contributed by atoms with Gasteiger partial charge in [-0.1, -0.05) is 6.92 Å². The van der Waals surface area contributed by atoms with Gasteiger partial charge in [0.25, 0.3) is 5.91 Å². The Kier molecular flexibility index (Phi) is 4.11. The Morgan fingerprint density at radius 2 is 2.37 bits per heavy atom. The number of aromatic carboxylic acids is 1. The van der Waals surface area contributed by atoms with E-state index in [4.69, 9.17) is 9.84 Å². The van der Waals surface area contributed by atoms with Crippen molar-refractivity contribution in [1.82, 2.24) is 9.88 Å². The van der Waals surface area contributed by atoms with E-state index < -0.39 is 5.97 Å². The molecular formula is C13H16N2O4. The minimum atomic E-state index is -1.14. The van der Waals surface area contributed by atoms with Crippen LogP contribution in [0, 0.1) is 0 Å². The number of pyridine rings is 1. The van der Waals surface area contributed by atoms with Crippen molar-refractivity contribution in [1.29, 1.82) is 0 Å². The number of carboxylic acids is 1. The first-order chi connectivity index (χ1) is 9.15. The smallest absolute Gasteiger partial charge is 0.338 e. The Morgan fingerprint density at radius 1 is 1.58 bits per heavy atom. The minimum Gasteiger partial charge on any atom is -0.478 e. The Hall–Kier alpha value is -1.95. The fraction of sp³-hybridized carbons (Fsp3) is 0.462. The number of rotatable bonds is 3. The van der Waals surface area contributed by atoms with Crippen LogP contribution in [-0.4, -0.2) is 52.7 Å². The van der Waals surface area contributed by atoms with Gasteiger partial charge in [-0.25, -0.2) is 4.79 Å². The molecule has 1 aromatic rings. The molecule has 1 N–H and O–H groups in total. The summed E-state index contributed by atoms with van der Waals surface area (Å²) in [5, 5.41) is 9.10. The summed E-state index contributed by atoms with van der Waals surface area (Å²) in [6.07, 6.45) is 2.20. The van der Waals surface area contributed by atoms with Crippen LogP contribution in [-0.2, 0) is 4.74 Å². The van der Waals surface area contributed by atoms with Gasteiger partial charge >= 0.3 is 5.97 Å². The molecule has 1 fully saturated rings. The number of hydrogen-bond donors (Lipinski definition) is 1. The summed E-state index contributed by atoms with van der Waals surface area (Å²) in [6.45, 7) is 3.39. The first-order valence-corrected chi connectivity index (χ1v) is 6.22. The number of hydrogen-bond acceptors (Lipinski definition) is 4. The van der Waals surface area contributed by atoms with E-state index in [0.717, 1.165) is 6.42 Å². The number of carbonyl (C=O) groups excluding carboxylic acids is 1. The third-order valence-corrected chi connectivity index (χ3v) is 3.20. The number of aromatic nitrogens is 1. The standard InChI is InChI=1S/C13H16N2O4/c1-2-9-8-19-7-6-15(9)12(16)11-10(13(17)18)4-3-5-14-11/h3-5,9H,2,6-8H2,1H3,(H,17,18). The van der Waals surface area contributed by atoms with E-state index in [1.165, 1.54) is 18.3 Å². The summed E-state index contributed by atoms with van der Waals surface area (Å²) in [4.78, 5) is 29.1. The topological polar surface area (TPSA) is 79.7 Å². The molecule has 0 spiro atoms. The second-order valence-electron chi connectivity index (χ2n) is 4.34. The summed E-state index contributed by atoms with van der Waals surface area (Å²) in [7, 11) is 0. The molecule has 1 atom stereocenters. The van der Waals surface area contributed by atoms with Gasteiger partial charge in [-0.3, -0.25) is 9.78 Å². The average molecular weight is 264 g/mol. The molecule has 1 amide bonds. The van der Waals surface area contributed by atoms with Gasteiger partial charge in [0.1, 0.15) is 5.69 Å². The van der Waals surface area contributed by atoms with Crippen molar-refractivity contribution in [2.24, 2.45) is 0 Å². The van der Waals surface area contributed by atoms with E-state index in [1.54, 1.807) is 4.90 Å². The highest BCUT2D eigenvalue weighted by Gasteiger charge is 2.29. The van der Waals surface area contributed by atoms with E-state index in [-0.39, 0.29) is 23.2 Å². The maximum absolute atomic E-state index is 12.4. The van der Waals surface area contributed by atoms with Gasteiger partial charge in [-0.15, -0.1) is 0 Å². The van der Waals surface area contributed by atoms with Crippen LogP contribution in [0.5, 0.6) is 0 Å². The predicted octanol–water partition coefficient (Wildman–Crippen LogP) is 1.03. The lowest BCUT2D eigenvalue weighted by Crippen LogP contribution is -2.48. The Balaban J connectivity index is 2.30. The maximum atomic E-state index is 12.4. The molecule has 19 heavy (non-hydrogen) atoms. The van der Waals surface area contributed by atoms with Gasteiger partial charge < -0.3 is 14.7 Å². The quantitative estimate of drug-likeness (QED) is 0.882. The molecule has 1 aliphatic rings. The zero-order valence-electron chi connectivity index (χ0n) is 10.7.